The molecule has 1 fully saturated rings. The van der Waals surface area contributed by atoms with Gasteiger partial charge in [0.1, 0.15) is 23.1 Å². The highest BCUT2D eigenvalue weighted by atomic mass is 16.5. The first-order valence-corrected chi connectivity index (χ1v) is 13.1. The summed E-state index contributed by atoms with van der Waals surface area (Å²) in [5.41, 5.74) is 10.2. The Morgan fingerprint density at radius 2 is 1.92 bits per heavy atom. The molecule has 202 valence electrons. The molecule has 1 amide bonds. The molecular formula is C30H39N5O3. The molecule has 1 aliphatic heterocycles. The van der Waals surface area contributed by atoms with E-state index in [4.69, 9.17) is 15.2 Å². The Morgan fingerprint density at radius 1 is 1.21 bits per heavy atom. The average molecular weight is 518 g/mol. The highest BCUT2D eigenvalue weighted by Crippen LogP contribution is 2.34. The van der Waals surface area contributed by atoms with E-state index in [1.807, 2.05) is 86.6 Å². The molecule has 0 unspecified atom stereocenters. The predicted molar refractivity (Wildman–Crippen MR) is 152 cm³/mol. The van der Waals surface area contributed by atoms with Gasteiger partial charge in [-0.3, -0.25) is 9.79 Å². The fourth-order valence-electron chi connectivity index (χ4n) is 4.72. The normalized spacial score (nSPS) is 18.4. The smallest absolute Gasteiger partial charge is 0.223 e. The number of carbonyl (C=O) groups excluding carboxylic acids is 1. The SMILES string of the molecule is COc1ccc([C@@H](C)N2C[C@H]([C@@H](C)Oc3cc(C(C=NC(C)(C)C)=CN)cn4nc(C)cc34)CC2=O)cc1. The zero-order chi connectivity index (χ0) is 27.6. The predicted octanol–water partition coefficient (Wildman–Crippen LogP) is 5.20. The number of aliphatic imine (C=N–C) groups is 1. The van der Waals surface area contributed by atoms with E-state index in [-0.39, 0.29) is 29.5 Å². The van der Waals surface area contributed by atoms with Crippen molar-refractivity contribution in [2.75, 3.05) is 13.7 Å². The minimum Gasteiger partial charge on any atom is -0.497 e. The van der Waals surface area contributed by atoms with Gasteiger partial charge in [-0.2, -0.15) is 5.10 Å². The van der Waals surface area contributed by atoms with Crippen LogP contribution in [0.25, 0.3) is 11.1 Å². The Kier molecular flexibility index (Phi) is 7.81. The Bertz CT molecular complexity index is 1350. The third kappa shape index (κ3) is 6.01. The lowest BCUT2D eigenvalue weighted by molar-refractivity contribution is -0.129. The van der Waals surface area contributed by atoms with Crippen LogP contribution in [0.3, 0.4) is 0 Å². The topological polar surface area (TPSA) is 94.4 Å². The molecule has 0 aliphatic carbocycles. The van der Waals surface area contributed by atoms with Gasteiger partial charge in [-0.15, -0.1) is 0 Å². The zero-order valence-corrected chi connectivity index (χ0v) is 23.4. The number of nitrogens with two attached hydrogens (primary N) is 1. The first-order valence-electron chi connectivity index (χ1n) is 13.1. The summed E-state index contributed by atoms with van der Waals surface area (Å²) in [5.74, 6) is 1.70. The molecular weight excluding hydrogens is 478 g/mol. The number of benzene rings is 1. The number of hydrogen-bond acceptors (Lipinski definition) is 6. The van der Waals surface area contributed by atoms with E-state index in [0.29, 0.717) is 18.7 Å². The Hall–Kier alpha value is -3.81. The summed E-state index contributed by atoms with van der Waals surface area (Å²) in [5, 5.41) is 4.61. The monoisotopic (exact) mass is 517 g/mol. The lowest BCUT2D eigenvalue weighted by Crippen LogP contribution is -2.31. The van der Waals surface area contributed by atoms with Crippen molar-refractivity contribution in [3.8, 4) is 11.5 Å². The van der Waals surface area contributed by atoms with Gasteiger partial charge in [0.2, 0.25) is 5.91 Å². The molecule has 1 aromatic carbocycles. The summed E-state index contributed by atoms with van der Waals surface area (Å²) in [6, 6.07) is 11.8. The number of pyridine rings is 1. The summed E-state index contributed by atoms with van der Waals surface area (Å²) in [4.78, 5) is 19.6. The van der Waals surface area contributed by atoms with Crippen LogP contribution in [0.2, 0.25) is 0 Å². The molecule has 0 radical (unpaired) electrons. The van der Waals surface area contributed by atoms with Gasteiger partial charge < -0.3 is 20.1 Å². The van der Waals surface area contributed by atoms with Crippen LogP contribution in [0.15, 0.2) is 53.8 Å². The number of aryl methyl sites for hydroxylation is 1. The number of amides is 1. The van der Waals surface area contributed by atoms with E-state index in [9.17, 15) is 4.79 Å². The largest absolute Gasteiger partial charge is 0.497 e. The maximum atomic E-state index is 13.0. The molecule has 0 spiro atoms. The van der Waals surface area contributed by atoms with Crippen molar-refractivity contribution in [1.29, 1.82) is 0 Å². The maximum Gasteiger partial charge on any atom is 0.223 e. The van der Waals surface area contributed by atoms with Crippen LogP contribution in [0.1, 0.15) is 63.9 Å². The first kappa shape index (κ1) is 27.2. The van der Waals surface area contributed by atoms with Crippen molar-refractivity contribution in [2.24, 2.45) is 16.6 Å². The zero-order valence-electron chi connectivity index (χ0n) is 23.4. The van der Waals surface area contributed by atoms with E-state index in [1.54, 1.807) is 19.5 Å². The maximum absolute atomic E-state index is 13.0. The quantitative estimate of drug-likeness (QED) is 0.415. The molecule has 0 saturated carbocycles. The molecule has 1 aliphatic rings. The van der Waals surface area contributed by atoms with Crippen LogP contribution in [0.4, 0.5) is 0 Å². The molecule has 3 atom stereocenters. The molecule has 2 aromatic heterocycles. The minimum absolute atomic E-state index is 0.0301. The van der Waals surface area contributed by atoms with E-state index in [1.165, 1.54) is 0 Å². The average Bonchev–Trinajstić information content (AvgIpc) is 3.45. The molecule has 8 heteroatoms. The van der Waals surface area contributed by atoms with Gasteiger partial charge >= 0.3 is 0 Å². The van der Waals surface area contributed by atoms with Crippen LogP contribution < -0.4 is 15.2 Å². The molecule has 1 saturated heterocycles. The second kappa shape index (κ2) is 10.9. The third-order valence-electron chi connectivity index (χ3n) is 6.99. The molecule has 3 aromatic rings. The van der Waals surface area contributed by atoms with Gasteiger partial charge in [0.15, 0.2) is 0 Å². The van der Waals surface area contributed by atoms with Crippen molar-refractivity contribution in [3.63, 3.8) is 0 Å². The number of rotatable bonds is 8. The van der Waals surface area contributed by atoms with Crippen molar-refractivity contribution < 1.29 is 14.3 Å². The number of carbonyl (C=O) groups is 1. The van der Waals surface area contributed by atoms with Gasteiger partial charge in [-0.05, 0) is 71.4 Å². The molecule has 0 bridgehead atoms. The fraction of sp³-hybridized carbons (Fsp3) is 0.433. The number of nitrogens with zero attached hydrogens (tertiary/aromatic N) is 4. The number of fused-ring (bicyclic) bond motifs is 1. The number of aromatic nitrogens is 2. The highest BCUT2D eigenvalue weighted by Gasteiger charge is 2.37. The van der Waals surface area contributed by atoms with Crippen LogP contribution in [-0.4, -0.2) is 51.9 Å². The van der Waals surface area contributed by atoms with Crippen molar-refractivity contribution in [3.05, 3.63) is 65.6 Å². The van der Waals surface area contributed by atoms with Gasteiger partial charge in [-0.1, -0.05) is 12.1 Å². The number of ether oxygens (including phenoxy) is 2. The van der Waals surface area contributed by atoms with Crippen molar-refractivity contribution >= 4 is 23.2 Å². The van der Waals surface area contributed by atoms with Crippen LogP contribution in [0, 0.1) is 12.8 Å². The Morgan fingerprint density at radius 3 is 2.55 bits per heavy atom. The second-order valence-electron chi connectivity index (χ2n) is 11.0. The van der Waals surface area contributed by atoms with Crippen LogP contribution >= 0.6 is 0 Å². The third-order valence-corrected chi connectivity index (χ3v) is 6.99. The first-order chi connectivity index (χ1) is 18.0. The summed E-state index contributed by atoms with van der Waals surface area (Å²) >= 11 is 0. The standard InChI is InChI=1S/C30H39N5O3/c1-19-12-27-28(13-24(18-35(27)33-19)25(15-31)16-32-30(4,5)6)38-21(3)23-14-29(36)34(17-23)20(2)22-8-10-26(37-7)11-9-22/h8-13,15-16,18,20-21,23H,14,17,31H2,1-7H3/t20-,21-,23-/m1/s1. The minimum atomic E-state index is -0.224. The van der Waals surface area contributed by atoms with Gasteiger partial charge in [-0.25, -0.2) is 4.52 Å². The summed E-state index contributed by atoms with van der Waals surface area (Å²) in [7, 11) is 1.65. The lowest BCUT2D eigenvalue weighted by Gasteiger charge is -2.27. The van der Waals surface area contributed by atoms with Crippen LogP contribution in [-0.2, 0) is 4.79 Å². The van der Waals surface area contributed by atoms with Crippen molar-refractivity contribution in [2.45, 2.75) is 65.6 Å². The van der Waals surface area contributed by atoms with E-state index in [0.717, 1.165) is 33.7 Å². The summed E-state index contributed by atoms with van der Waals surface area (Å²) in [6.45, 7) is 12.8. The Balaban J connectivity index is 1.56. The number of likely N-dealkylation sites (tertiary alicyclic amines) is 1. The molecule has 3 heterocycles. The van der Waals surface area contributed by atoms with Crippen molar-refractivity contribution in [1.82, 2.24) is 14.5 Å². The Labute approximate surface area is 225 Å². The van der Waals surface area contributed by atoms with Gasteiger partial charge in [0.25, 0.3) is 0 Å². The summed E-state index contributed by atoms with van der Waals surface area (Å²) in [6.07, 6.45) is 5.54. The number of hydrogen-bond donors (Lipinski definition) is 1. The van der Waals surface area contributed by atoms with Crippen LogP contribution in [0.5, 0.6) is 11.5 Å². The molecule has 2 N–H and O–H groups in total. The van der Waals surface area contributed by atoms with E-state index < -0.39 is 0 Å². The molecule has 4 rings (SSSR count). The fourth-order valence-corrected chi connectivity index (χ4v) is 4.72. The summed E-state index contributed by atoms with van der Waals surface area (Å²) < 4.78 is 13.6. The second-order valence-corrected chi connectivity index (χ2v) is 11.0. The molecule has 38 heavy (non-hydrogen) atoms. The van der Waals surface area contributed by atoms with E-state index in [2.05, 4.69) is 17.0 Å². The number of methoxy groups -OCH3 is 1. The lowest BCUT2D eigenvalue weighted by atomic mass is 10.0. The number of allylic oxidation sites excluding steroid dienone is 1. The van der Waals surface area contributed by atoms with Gasteiger partial charge in [0, 0.05) is 48.6 Å². The highest BCUT2D eigenvalue weighted by molar-refractivity contribution is 6.10. The van der Waals surface area contributed by atoms with Gasteiger partial charge in [0.05, 0.1) is 24.4 Å². The van der Waals surface area contributed by atoms with E-state index >= 15 is 0 Å². The molecule has 8 nitrogen and oxygen atoms in total.